The van der Waals surface area contributed by atoms with E-state index in [1.807, 2.05) is 14.1 Å². The third kappa shape index (κ3) is 4.34. The average molecular weight is 347 g/mol. The van der Waals surface area contributed by atoms with Crippen molar-refractivity contribution in [3.05, 3.63) is 5.89 Å². The van der Waals surface area contributed by atoms with Crippen LogP contribution < -0.4 is 14.3 Å². The minimum Gasteiger partial charge on any atom is -0.407 e. The highest BCUT2D eigenvalue weighted by atomic mass is 32.2. The summed E-state index contributed by atoms with van der Waals surface area (Å²) in [7, 11) is 1.59. The predicted molar refractivity (Wildman–Crippen MR) is 85.6 cm³/mol. The molecule has 1 aromatic heterocycles. The number of thioether (sulfide) groups is 1. The maximum Gasteiger partial charge on any atom is 0.324 e. The van der Waals surface area contributed by atoms with Crippen molar-refractivity contribution in [2.45, 2.75) is 5.75 Å². The van der Waals surface area contributed by atoms with Crippen LogP contribution in [0.1, 0.15) is 5.89 Å². The number of aromatic nitrogens is 2. The lowest BCUT2D eigenvalue weighted by Crippen LogP contribution is -2.24. The summed E-state index contributed by atoms with van der Waals surface area (Å²) in [6, 6.07) is 0.464. The Labute approximate surface area is 132 Å². The molecule has 2 N–H and O–H groups in total. The van der Waals surface area contributed by atoms with Crippen LogP contribution in [-0.4, -0.2) is 63.7 Å². The fraction of sp³-hybridized carbons (Fsp3) is 0.600. The molecule has 0 aromatic carbocycles. The summed E-state index contributed by atoms with van der Waals surface area (Å²) >= 11 is 1.56. The van der Waals surface area contributed by atoms with Gasteiger partial charge in [-0.05, 0) is 0 Å². The van der Waals surface area contributed by atoms with Crippen LogP contribution in [0.25, 0.3) is 0 Å². The van der Waals surface area contributed by atoms with Crippen LogP contribution in [0.5, 0.6) is 0 Å². The fourth-order valence-electron chi connectivity index (χ4n) is 1.50. The summed E-state index contributed by atoms with van der Waals surface area (Å²) in [5, 5.41) is 7.80. The first-order chi connectivity index (χ1) is 10.4. The molecule has 1 saturated heterocycles. The summed E-state index contributed by atoms with van der Waals surface area (Å²) in [4.78, 5) is 9.73. The van der Waals surface area contributed by atoms with Gasteiger partial charge in [0, 0.05) is 26.9 Å². The van der Waals surface area contributed by atoms with Crippen molar-refractivity contribution >= 4 is 39.7 Å². The van der Waals surface area contributed by atoms with Crippen molar-refractivity contribution in [2.24, 2.45) is 9.98 Å². The van der Waals surface area contributed by atoms with E-state index >= 15 is 0 Å². The lowest BCUT2D eigenvalue weighted by molar-refractivity contribution is 0.515. The molecule has 1 aliphatic heterocycles. The molecule has 0 saturated carbocycles. The van der Waals surface area contributed by atoms with Gasteiger partial charge in [0.1, 0.15) is 0 Å². The minimum atomic E-state index is -3.55. The highest BCUT2D eigenvalue weighted by Crippen LogP contribution is 2.14. The number of rotatable bonds is 6. The first-order valence-corrected chi connectivity index (χ1v) is 8.94. The number of anilines is 1. The van der Waals surface area contributed by atoms with E-state index in [4.69, 9.17) is 4.42 Å². The van der Waals surface area contributed by atoms with Crippen molar-refractivity contribution < 1.29 is 12.8 Å². The molecule has 0 spiro atoms. The molecule has 1 fully saturated rings. The quantitative estimate of drug-likeness (QED) is 0.647. The van der Waals surface area contributed by atoms with Gasteiger partial charge in [0.05, 0.1) is 12.3 Å². The molecule has 1 aromatic rings. The van der Waals surface area contributed by atoms with E-state index in [9.17, 15) is 8.42 Å². The van der Waals surface area contributed by atoms with E-state index in [1.165, 1.54) is 7.05 Å². The van der Waals surface area contributed by atoms with Crippen LogP contribution in [0.2, 0.25) is 0 Å². The van der Waals surface area contributed by atoms with E-state index in [2.05, 4.69) is 29.6 Å². The minimum absolute atomic E-state index is 0.220. The van der Waals surface area contributed by atoms with Gasteiger partial charge in [0.25, 0.3) is 0 Å². The Kier molecular flexibility index (Phi) is 5.24. The van der Waals surface area contributed by atoms with Crippen LogP contribution in [-0.2, 0) is 16.0 Å². The van der Waals surface area contributed by atoms with E-state index in [-0.39, 0.29) is 11.7 Å². The van der Waals surface area contributed by atoms with Gasteiger partial charge >= 0.3 is 16.2 Å². The molecule has 0 bridgehead atoms. The molecule has 122 valence electrons. The molecular weight excluding hydrogens is 330 g/mol. The number of amidine groups is 2. The number of nitrogens with zero attached hydrogens (tertiary/aromatic N) is 5. The van der Waals surface area contributed by atoms with Crippen LogP contribution in [0.15, 0.2) is 14.4 Å². The second-order valence-electron chi connectivity index (χ2n) is 4.44. The van der Waals surface area contributed by atoms with Gasteiger partial charge < -0.3 is 9.32 Å². The van der Waals surface area contributed by atoms with Gasteiger partial charge in [-0.2, -0.15) is 20.2 Å². The molecule has 22 heavy (non-hydrogen) atoms. The van der Waals surface area contributed by atoms with Crippen LogP contribution >= 0.6 is 11.8 Å². The summed E-state index contributed by atoms with van der Waals surface area (Å²) < 4.78 is 32.6. The SMILES string of the molecule is CN=C1NS(=O)(=O)NC1=NCCSCc1nnc(N(C)C)o1. The smallest absolute Gasteiger partial charge is 0.324 e. The molecule has 0 unspecified atom stereocenters. The van der Waals surface area contributed by atoms with Crippen molar-refractivity contribution in [3.63, 3.8) is 0 Å². The second kappa shape index (κ2) is 6.96. The molecule has 2 rings (SSSR count). The van der Waals surface area contributed by atoms with E-state index in [1.54, 1.807) is 16.7 Å². The maximum atomic E-state index is 11.3. The van der Waals surface area contributed by atoms with Crippen molar-refractivity contribution in [1.29, 1.82) is 0 Å². The topological polar surface area (TPSA) is 125 Å². The van der Waals surface area contributed by atoms with Crippen molar-refractivity contribution in [2.75, 3.05) is 38.3 Å². The van der Waals surface area contributed by atoms with Crippen LogP contribution in [0.3, 0.4) is 0 Å². The summed E-state index contributed by atoms with van der Waals surface area (Å²) in [6.45, 7) is 0.442. The zero-order valence-electron chi connectivity index (χ0n) is 12.4. The third-order valence-electron chi connectivity index (χ3n) is 2.48. The Hall–Kier alpha value is -1.82. The van der Waals surface area contributed by atoms with Gasteiger partial charge in [-0.1, -0.05) is 5.10 Å². The molecule has 0 radical (unpaired) electrons. The summed E-state index contributed by atoms with van der Waals surface area (Å²) in [5.41, 5.74) is 0. The van der Waals surface area contributed by atoms with Gasteiger partial charge in [-0.25, -0.2) is 9.44 Å². The van der Waals surface area contributed by atoms with Gasteiger partial charge in [-0.15, -0.1) is 5.10 Å². The molecule has 12 heteroatoms. The normalized spacial score (nSPS) is 20.1. The molecule has 10 nitrogen and oxygen atoms in total. The number of nitrogens with one attached hydrogen (secondary N) is 2. The standard InChI is InChI=1S/C10H17N7O3S2/c1-11-8-9(16-22(18,19)15-8)12-4-5-21-6-7-13-14-10(20-7)17(2)3/h4-6H2,1-3H3,(H,11,15)(H,12,16). The average Bonchev–Trinajstić information content (AvgIpc) is 3.02. The van der Waals surface area contributed by atoms with Gasteiger partial charge in [-0.3, -0.25) is 9.98 Å². The Morgan fingerprint density at radius 2 is 2.00 bits per heavy atom. The fourth-order valence-corrected chi connectivity index (χ4v) is 3.07. The largest absolute Gasteiger partial charge is 0.407 e. The van der Waals surface area contributed by atoms with Crippen LogP contribution in [0.4, 0.5) is 6.01 Å². The molecule has 1 aliphatic rings. The Morgan fingerprint density at radius 1 is 1.27 bits per heavy atom. The zero-order chi connectivity index (χ0) is 16.2. The van der Waals surface area contributed by atoms with Gasteiger partial charge in [0.2, 0.25) is 5.89 Å². The van der Waals surface area contributed by atoms with Gasteiger partial charge in [0.15, 0.2) is 11.7 Å². The predicted octanol–water partition coefficient (Wildman–Crippen LogP) is -0.767. The maximum absolute atomic E-state index is 11.3. The number of hydrogen-bond donors (Lipinski definition) is 2. The molecule has 0 amide bonds. The van der Waals surface area contributed by atoms with Crippen molar-refractivity contribution in [3.8, 4) is 0 Å². The second-order valence-corrected chi connectivity index (χ2v) is 6.96. The van der Waals surface area contributed by atoms with E-state index in [0.717, 1.165) is 0 Å². The lowest BCUT2D eigenvalue weighted by atomic mass is 10.5. The van der Waals surface area contributed by atoms with Crippen LogP contribution in [0, 0.1) is 0 Å². The first-order valence-electron chi connectivity index (χ1n) is 6.31. The Bertz CT molecular complexity index is 680. The summed E-state index contributed by atoms with van der Waals surface area (Å²) in [5.74, 6) is 2.25. The number of hydrogen-bond acceptors (Lipinski definition) is 9. The highest BCUT2D eigenvalue weighted by molar-refractivity contribution is 7.98. The molecule has 0 aliphatic carbocycles. The van der Waals surface area contributed by atoms with E-state index in [0.29, 0.717) is 30.0 Å². The lowest BCUT2D eigenvalue weighted by Gasteiger charge is -2.02. The Morgan fingerprint density at radius 3 is 2.64 bits per heavy atom. The highest BCUT2D eigenvalue weighted by Gasteiger charge is 2.27. The number of aliphatic imine (C=N–C) groups is 2. The Balaban J connectivity index is 1.78. The molecule has 0 atom stereocenters. The molecular formula is C10H17N7O3S2. The van der Waals surface area contributed by atoms with Crippen molar-refractivity contribution in [1.82, 2.24) is 19.6 Å². The summed E-state index contributed by atoms with van der Waals surface area (Å²) in [6.07, 6.45) is 0. The van der Waals surface area contributed by atoms with E-state index < -0.39 is 10.2 Å². The third-order valence-corrected chi connectivity index (χ3v) is 4.33. The monoisotopic (exact) mass is 347 g/mol. The zero-order valence-corrected chi connectivity index (χ0v) is 14.0. The molecule has 2 heterocycles. The first kappa shape index (κ1) is 16.5.